The largest absolute Gasteiger partial charge is 0.307 e. The minimum Gasteiger partial charge on any atom is -0.307 e. The van der Waals surface area contributed by atoms with Gasteiger partial charge in [-0.1, -0.05) is 12.8 Å². The van der Waals surface area contributed by atoms with E-state index in [9.17, 15) is 0 Å². The van der Waals surface area contributed by atoms with Crippen LogP contribution in [0.3, 0.4) is 0 Å². The summed E-state index contributed by atoms with van der Waals surface area (Å²) in [5, 5.41) is 6.64. The first kappa shape index (κ1) is 16.5. The molecule has 1 saturated heterocycles. The molecule has 1 atom stereocenters. The molecule has 23 heavy (non-hydrogen) atoms. The molecule has 0 aromatic carbocycles. The van der Waals surface area contributed by atoms with E-state index in [-0.39, 0.29) is 0 Å². The quantitative estimate of drug-likeness (QED) is 0.882. The first-order valence-electron chi connectivity index (χ1n) is 8.48. The molecule has 2 aromatic heterocycles. The third-order valence-electron chi connectivity index (χ3n) is 4.20. The maximum absolute atomic E-state index is 4.65. The molecule has 1 unspecified atom stereocenters. The van der Waals surface area contributed by atoms with Crippen molar-refractivity contribution in [3.63, 3.8) is 0 Å². The molecule has 5 nitrogen and oxygen atoms in total. The second-order valence-electron chi connectivity index (χ2n) is 6.23. The summed E-state index contributed by atoms with van der Waals surface area (Å²) in [6.45, 7) is 6.70. The Bertz CT molecular complexity index is 578. The number of rotatable bonds is 6. The van der Waals surface area contributed by atoms with Gasteiger partial charge in [0, 0.05) is 36.9 Å². The smallest absolute Gasteiger partial charge is 0.143 e. The minimum absolute atomic E-state index is 0.481. The molecule has 0 amide bonds. The van der Waals surface area contributed by atoms with E-state index in [1.165, 1.54) is 38.8 Å². The lowest BCUT2D eigenvalue weighted by Crippen LogP contribution is -2.39. The molecular weight excluding hydrogens is 306 g/mol. The first-order valence-corrected chi connectivity index (χ1v) is 9.36. The summed E-state index contributed by atoms with van der Waals surface area (Å²) in [7, 11) is 0. The predicted octanol–water partition coefficient (Wildman–Crippen LogP) is 2.95. The van der Waals surface area contributed by atoms with E-state index >= 15 is 0 Å². The predicted molar refractivity (Wildman–Crippen MR) is 94.3 cm³/mol. The molecule has 0 radical (unpaired) electrons. The summed E-state index contributed by atoms with van der Waals surface area (Å²) in [5.74, 6) is 0. The van der Waals surface area contributed by atoms with Crippen molar-refractivity contribution in [2.75, 3.05) is 19.6 Å². The Kier molecular flexibility index (Phi) is 6.07. The van der Waals surface area contributed by atoms with Gasteiger partial charge in [0.25, 0.3) is 0 Å². The van der Waals surface area contributed by atoms with Crippen LogP contribution in [-0.4, -0.2) is 45.5 Å². The van der Waals surface area contributed by atoms with Crippen molar-refractivity contribution < 1.29 is 0 Å². The summed E-state index contributed by atoms with van der Waals surface area (Å²) in [6.07, 6.45) is 10.6. The van der Waals surface area contributed by atoms with Crippen LogP contribution in [0.15, 0.2) is 24.0 Å². The van der Waals surface area contributed by atoms with Crippen molar-refractivity contribution in [2.45, 2.75) is 45.2 Å². The second kappa shape index (κ2) is 8.47. The summed E-state index contributed by atoms with van der Waals surface area (Å²) in [5.41, 5.74) is 1.93. The van der Waals surface area contributed by atoms with Gasteiger partial charge in [-0.2, -0.15) is 0 Å². The number of thiazole rings is 1. The van der Waals surface area contributed by atoms with Crippen LogP contribution in [0.4, 0.5) is 0 Å². The lowest BCUT2D eigenvalue weighted by molar-refractivity contribution is 0.255. The molecule has 0 bridgehead atoms. The van der Waals surface area contributed by atoms with E-state index in [4.69, 9.17) is 0 Å². The molecule has 1 fully saturated rings. The van der Waals surface area contributed by atoms with Gasteiger partial charge in [0.15, 0.2) is 0 Å². The molecule has 124 valence electrons. The first-order chi connectivity index (χ1) is 11.3. The van der Waals surface area contributed by atoms with Crippen LogP contribution in [0.25, 0.3) is 10.7 Å². The molecule has 2 aromatic rings. The lowest BCUT2D eigenvalue weighted by atomic mass is 10.2. The number of nitrogens with zero attached hydrogens (tertiary/aromatic N) is 4. The summed E-state index contributed by atoms with van der Waals surface area (Å²) < 4.78 is 0. The Morgan fingerprint density at radius 2 is 2.04 bits per heavy atom. The Morgan fingerprint density at radius 3 is 2.78 bits per heavy atom. The standard InChI is InChI=1S/C17H25N5S/c1-14(12-22-8-4-2-3-5-9-22)20-10-15-13-23-17(21-15)16-11-18-6-7-19-16/h6-7,11,13-14,20H,2-5,8-10,12H2,1H3. The molecule has 0 aliphatic carbocycles. The number of aromatic nitrogens is 3. The summed E-state index contributed by atoms with van der Waals surface area (Å²) in [6, 6.07) is 0.481. The molecule has 6 heteroatoms. The fourth-order valence-electron chi connectivity index (χ4n) is 2.96. The summed E-state index contributed by atoms with van der Waals surface area (Å²) >= 11 is 1.63. The van der Waals surface area contributed by atoms with Gasteiger partial charge in [0.05, 0.1) is 11.9 Å². The number of likely N-dealkylation sites (tertiary alicyclic amines) is 1. The van der Waals surface area contributed by atoms with Gasteiger partial charge in [0.1, 0.15) is 10.7 Å². The third kappa shape index (κ3) is 5.06. The Balaban J connectivity index is 1.47. The van der Waals surface area contributed by atoms with Crippen LogP contribution in [0.2, 0.25) is 0 Å². The van der Waals surface area contributed by atoms with Gasteiger partial charge in [-0.15, -0.1) is 11.3 Å². The SMILES string of the molecule is CC(CN1CCCCCC1)NCc1csc(-c2cnccn2)n1. The van der Waals surface area contributed by atoms with Crippen LogP contribution in [0.5, 0.6) is 0 Å². The van der Waals surface area contributed by atoms with Crippen LogP contribution < -0.4 is 5.32 Å². The van der Waals surface area contributed by atoms with Crippen molar-refractivity contribution in [3.8, 4) is 10.7 Å². The highest BCUT2D eigenvalue weighted by atomic mass is 32.1. The van der Waals surface area contributed by atoms with Crippen LogP contribution in [0, 0.1) is 0 Å². The highest BCUT2D eigenvalue weighted by molar-refractivity contribution is 7.13. The molecule has 1 aliphatic heterocycles. The third-order valence-corrected chi connectivity index (χ3v) is 5.11. The molecule has 3 rings (SSSR count). The van der Waals surface area contributed by atoms with E-state index in [1.807, 2.05) is 0 Å². The highest BCUT2D eigenvalue weighted by Crippen LogP contribution is 2.20. The minimum atomic E-state index is 0.481. The van der Waals surface area contributed by atoms with Crippen molar-refractivity contribution in [3.05, 3.63) is 29.7 Å². The fraction of sp³-hybridized carbons (Fsp3) is 0.588. The maximum atomic E-state index is 4.65. The average Bonchev–Trinajstić information content (AvgIpc) is 2.91. The van der Waals surface area contributed by atoms with Crippen LogP contribution >= 0.6 is 11.3 Å². The zero-order chi connectivity index (χ0) is 15.9. The topological polar surface area (TPSA) is 53.9 Å². The molecule has 1 N–H and O–H groups in total. The zero-order valence-electron chi connectivity index (χ0n) is 13.7. The second-order valence-corrected chi connectivity index (χ2v) is 7.09. The molecule has 1 aliphatic rings. The van der Waals surface area contributed by atoms with Gasteiger partial charge in [-0.25, -0.2) is 4.98 Å². The van der Waals surface area contributed by atoms with Gasteiger partial charge < -0.3 is 10.2 Å². The van der Waals surface area contributed by atoms with Crippen molar-refractivity contribution in [1.82, 2.24) is 25.2 Å². The van der Waals surface area contributed by atoms with E-state index in [2.05, 4.69) is 37.5 Å². The van der Waals surface area contributed by atoms with E-state index < -0.39 is 0 Å². The molecule has 3 heterocycles. The highest BCUT2D eigenvalue weighted by Gasteiger charge is 2.13. The van der Waals surface area contributed by atoms with Gasteiger partial charge in [-0.3, -0.25) is 9.97 Å². The van der Waals surface area contributed by atoms with Crippen LogP contribution in [-0.2, 0) is 6.54 Å². The number of nitrogens with one attached hydrogen (secondary N) is 1. The van der Waals surface area contributed by atoms with Crippen molar-refractivity contribution in [1.29, 1.82) is 0 Å². The monoisotopic (exact) mass is 331 g/mol. The maximum Gasteiger partial charge on any atom is 0.143 e. The molecule has 0 spiro atoms. The van der Waals surface area contributed by atoms with Gasteiger partial charge in [-0.05, 0) is 32.9 Å². The number of hydrogen-bond donors (Lipinski definition) is 1. The Morgan fingerprint density at radius 1 is 1.22 bits per heavy atom. The average molecular weight is 331 g/mol. The number of hydrogen-bond acceptors (Lipinski definition) is 6. The Hall–Kier alpha value is -1.37. The summed E-state index contributed by atoms with van der Waals surface area (Å²) in [4.78, 5) is 15.7. The van der Waals surface area contributed by atoms with E-state index in [0.29, 0.717) is 6.04 Å². The van der Waals surface area contributed by atoms with Crippen LogP contribution in [0.1, 0.15) is 38.3 Å². The van der Waals surface area contributed by atoms with Gasteiger partial charge >= 0.3 is 0 Å². The zero-order valence-corrected chi connectivity index (χ0v) is 14.6. The normalized spacial score (nSPS) is 17.8. The fourth-order valence-corrected chi connectivity index (χ4v) is 3.74. The molecule has 0 saturated carbocycles. The lowest BCUT2D eigenvalue weighted by Gasteiger charge is -2.24. The van der Waals surface area contributed by atoms with E-state index in [1.54, 1.807) is 29.9 Å². The van der Waals surface area contributed by atoms with Crippen molar-refractivity contribution in [2.24, 2.45) is 0 Å². The van der Waals surface area contributed by atoms with E-state index in [0.717, 1.165) is 29.5 Å². The van der Waals surface area contributed by atoms with Crippen molar-refractivity contribution >= 4 is 11.3 Å². The Labute approximate surface area is 142 Å². The van der Waals surface area contributed by atoms with Gasteiger partial charge in [0.2, 0.25) is 0 Å². The molecular formula is C17H25N5S.